The van der Waals surface area contributed by atoms with Gasteiger partial charge in [0.2, 0.25) is 0 Å². The van der Waals surface area contributed by atoms with E-state index in [9.17, 15) is 4.79 Å². The first kappa shape index (κ1) is 19.0. The molecule has 0 fully saturated rings. The number of carbonyl (C=O) groups excluding carboxylic acids is 1. The Bertz CT molecular complexity index is 1290. The van der Waals surface area contributed by atoms with E-state index in [2.05, 4.69) is 17.4 Å². The average Bonchev–Trinajstić information content (AvgIpc) is 3.37. The van der Waals surface area contributed by atoms with Crippen LogP contribution in [-0.4, -0.2) is 10.9 Å². The molecule has 2 heterocycles. The Kier molecular flexibility index (Phi) is 5.09. The number of rotatable bonds is 4. The number of aromatic nitrogens is 1. The maximum absolute atomic E-state index is 13.0. The van der Waals surface area contributed by atoms with Crippen LogP contribution in [0.4, 0.5) is 5.13 Å². The summed E-state index contributed by atoms with van der Waals surface area (Å²) in [5.41, 5.74) is 2.92. The SMILES string of the molecule is O=C(Nc1nc(-c2ccccc2)c(-c2ccccc2)s1)c1sc2ccccc2c1Cl. The Balaban J connectivity index is 1.54. The van der Waals surface area contributed by atoms with Gasteiger partial charge in [0, 0.05) is 15.6 Å². The van der Waals surface area contributed by atoms with Gasteiger partial charge in [-0.3, -0.25) is 10.1 Å². The first-order chi connectivity index (χ1) is 14.7. The number of halogens is 1. The molecule has 1 amide bonds. The van der Waals surface area contributed by atoms with E-state index in [1.165, 1.54) is 22.7 Å². The van der Waals surface area contributed by atoms with E-state index in [-0.39, 0.29) is 5.91 Å². The van der Waals surface area contributed by atoms with E-state index < -0.39 is 0 Å². The van der Waals surface area contributed by atoms with Crippen molar-refractivity contribution in [1.29, 1.82) is 0 Å². The molecular formula is C24H15ClN2OS2. The molecule has 0 bridgehead atoms. The lowest BCUT2D eigenvalue weighted by atomic mass is 10.1. The summed E-state index contributed by atoms with van der Waals surface area (Å²) in [5, 5.41) is 4.88. The summed E-state index contributed by atoms with van der Waals surface area (Å²) >= 11 is 9.33. The summed E-state index contributed by atoms with van der Waals surface area (Å²) in [6.07, 6.45) is 0. The molecule has 0 aliphatic carbocycles. The van der Waals surface area contributed by atoms with Gasteiger partial charge in [-0.2, -0.15) is 0 Å². The Morgan fingerprint density at radius 3 is 2.13 bits per heavy atom. The van der Waals surface area contributed by atoms with Gasteiger partial charge >= 0.3 is 0 Å². The molecule has 0 unspecified atom stereocenters. The Morgan fingerprint density at radius 1 is 0.800 bits per heavy atom. The third-order valence-corrected chi connectivity index (χ3v) is 7.37. The van der Waals surface area contributed by atoms with Crippen LogP contribution in [0.25, 0.3) is 31.8 Å². The predicted molar refractivity (Wildman–Crippen MR) is 128 cm³/mol. The zero-order valence-corrected chi connectivity index (χ0v) is 18.0. The number of nitrogens with one attached hydrogen (secondary N) is 1. The molecule has 0 aliphatic heterocycles. The van der Waals surface area contributed by atoms with Crippen molar-refractivity contribution < 1.29 is 4.79 Å². The standard InChI is InChI=1S/C24H15ClN2OS2/c25-19-17-13-7-8-14-18(17)29-22(19)23(28)27-24-26-20(15-9-3-1-4-10-15)21(30-24)16-11-5-2-6-12-16/h1-14H,(H,26,27,28). The molecule has 2 aromatic heterocycles. The summed E-state index contributed by atoms with van der Waals surface area (Å²) in [6.45, 7) is 0. The number of benzene rings is 3. The Labute approximate surface area is 186 Å². The highest BCUT2D eigenvalue weighted by molar-refractivity contribution is 7.22. The Hall–Kier alpha value is -2.99. The van der Waals surface area contributed by atoms with Gasteiger partial charge in [-0.05, 0) is 11.6 Å². The molecular weight excluding hydrogens is 432 g/mol. The number of carbonyl (C=O) groups is 1. The van der Waals surface area contributed by atoms with Gasteiger partial charge in [0.1, 0.15) is 4.88 Å². The van der Waals surface area contributed by atoms with Crippen molar-refractivity contribution in [2.45, 2.75) is 0 Å². The molecule has 0 spiro atoms. The first-order valence-corrected chi connectivity index (χ1v) is 11.3. The van der Waals surface area contributed by atoms with E-state index >= 15 is 0 Å². The van der Waals surface area contributed by atoms with Crippen LogP contribution in [0.15, 0.2) is 84.9 Å². The van der Waals surface area contributed by atoms with E-state index in [1.807, 2.05) is 72.8 Å². The highest BCUT2D eigenvalue weighted by Crippen LogP contribution is 2.40. The molecule has 5 aromatic rings. The minimum absolute atomic E-state index is 0.242. The number of thiophene rings is 1. The fourth-order valence-electron chi connectivity index (χ4n) is 3.26. The maximum Gasteiger partial charge on any atom is 0.269 e. The van der Waals surface area contributed by atoms with Gasteiger partial charge in [-0.25, -0.2) is 4.98 Å². The van der Waals surface area contributed by atoms with Crippen LogP contribution in [-0.2, 0) is 0 Å². The lowest BCUT2D eigenvalue weighted by molar-refractivity contribution is 0.103. The van der Waals surface area contributed by atoms with Crippen LogP contribution in [0, 0.1) is 0 Å². The van der Waals surface area contributed by atoms with Crippen molar-refractivity contribution in [3.05, 3.63) is 94.8 Å². The normalized spacial score (nSPS) is 11.0. The van der Waals surface area contributed by atoms with Crippen LogP contribution in [0.3, 0.4) is 0 Å². The molecule has 3 nitrogen and oxygen atoms in total. The maximum atomic E-state index is 13.0. The fourth-order valence-corrected chi connectivity index (χ4v) is 5.66. The second-order valence-electron chi connectivity index (χ2n) is 6.62. The number of hydrogen-bond acceptors (Lipinski definition) is 4. The van der Waals surface area contributed by atoms with Crippen LogP contribution >= 0.6 is 34.3 Å². The van der Waals surface area contributed by atoms with Crippen molar-refractivity contribution in [1.82, 2.24) is 4.98 Å². The molecule has 0 saturated carbocycles. The molecule has 6 heteroatoms. The molecule has 0 radical (unpaired) electrons. The van der Waals surface area contributed by atoms with E-state index in [1.54, 1.807) is 0 Å². The van der Waals surface area contributed by atoms with E-state index in [4.69, 9.17) is 16.6 Å². The summed E-state index contributed by atoms with van der Waals surface area (Å²) in [4.78, 5) is 19.2. The van der Waals surface area contributed by atoms with Crippen LogP contribution < -0.4 is 5.32 Å². The second-order valence-corrected chi connectivity index (χ2v) is 9.05. The van der Waals surface area contributed by atoms with Gasteiger partial charge in [-0.15, -0.1) is 11.3 Å². The van der Waals surface area contributed by atoms with Crippen molar-refractivity contribution in [2.24, 2.45) is 0 Å². The molecule has 0 atom stereocenters. The highest BCUT2D eigenvalue weighted by atomic mass is 35.5. The minimum Gasteiger partial charge on any atom is -0.297 e. The zero-order chi connectivity index (χ0) is 20.5. The second kappa shape index (κ2) is 8.03. The van der Waals surface area contributed by atoms with E-state index in [0.29, 0.717) is 15.0 Å². The third kappa shape index (κ3) is 3.52. The molecule has 0 aliphatic rings. The Morgan fingerprint density at radius 2 is 1.43 bits per heavy atom. The first-order valence-electron chi connectivity index (χ1n) is 9.31. The van der Waals surface area contributed by atoms with Gasteiger partial charge in [0.25, 0.3) is 5.91 Å². The summed E-state index contributed by atoms with van der Waals surface area (Å²) in [5.74, 6) is -0.242. The molecule has 1 N–H and O–H groups in total. The molecule has 5 rings (SSSR count). The van der Waals surface area contributed by atoms with Crippen molar-refractivity contribution in [2.75, 3.05) is 5.32 Å². The highest BCUT2D eigenvalue weighted by Gasteiger charge is 2.20. The fraction of sp³-hybridized carbons (Fsp3) is 0. The summed E-state index contributed by atoms with van der Waals surface area (Å²) < 4.78 is 0.988. The molecule has 0 saturated heterocycles. The zero-order valence-electron chi connectivity index (χ0n) is 15.6. The van der Waals surface area contributed by atoms with Crippen molar-refractivity contribution in [3.8, 4) is 21.7 Å². The number of thiazole rings is 1. The number of anilines is 1. The van der Waals surface area contributed by atoms with Crippen molar-refractivity contribution in [3.63, 3.8) is 0 Å². The lowest BCUT2D eigenvalue weighted by Crippen LogP contribution is -2.10. The van der Waals surface area contributed by atoms with Gasteiger partial charge in [0.15, 0.2) is 5.13 Å². The predicted octanol–water partition coefficient (Wildman–Crippen LogP) is 7.60. The monoisotopic (exact) mass is 446 g/mol. The summed E-state index contributed by atoms with van der Waals surface area (Å²) in [7, 11) is 0. The van der Waals surface area contributed by atoms with E-state index in [0.717, 1.165) is 31.8 Å². The third-order valence-electron chi connectivity index (χ3n) is 4.67. The quantitative estimate of drug-likeness (QED) is 0.309. The van der Waals surface area contributed by atoms with Crippen LogP contribution in [0.2, 0.25) is 5.02 Å². The number of amides is 1. The van der Waals surface area contributed by atoms with Gasteiger partial charge in [-0.1, -0.05) is 102 Å². The van der Waals surface area contributed by atoms with Crippen molar-refractivity contribution >= 4 is 55.4 Å². The van der Waals surface area contributed by atoms with Gasteiger partial charge < -0.3 is 0 Å². The van der Waals surface area contributed by atoms with Crippen LogP contribution in [0.5, 0.6) is 0 Å². The average molecular weight is 447 g/mol. The summed E-state index contributed by atoms with van der Waals surface area (Å²) in [6, 6.07) is 27.8. The number of hydrogen-bond donors (Lipinski definition) is 1. The topological polar surface area (TPSA) is 42.0 Å². The largest absolute Gasteiger partial charge is 0.297 e. The van der Waals surface area contributed by atoms with Gasteiger partial charge in [0.05, 0.1) is 15.6 Å². The lowest BCUT2D eigenvalue weighted by Gasteiger charge is -2.02. The molecule has 146 valence electrons. The number of fused-ring (bicyclic) bond motifs is 1. The molecule has 30 heavy (non-hydrogen) atoms. The number of nitrogens with zero attached hydrogens (tertiary/aromatic N) is 1. The smallest absolute Gasteiger partial charge is 0.269 e. The molecule has 3 aromatic carbocycles. The van der Waals surface area contributed by atoms with Crippen LogP contribution in [0.1, 0.15) is 9.67 Å². The minimum atomic E-state index is -0.242.